The summed E-state index contributed by atoms with van der Waals surface area (Å²) in [5.41, 5.74) is 1.17. The smallest absolute Gasteiger partial charge is 0.233 e. The molecule has 0 saturated carbocycles. The SMILES string of the molecule is Cc1ccnc(SCC(=O)N2CCC3(CC2)CN(C)CCCN3C)n1. The van der Waals surface area contributed by atoms with Crippen molar-refractivity contribution in [1.82, 2.24) is 24.7 Å². The Morgan fingerprint density at radius 3 is 2.72 bits per heavy atom. The molecule has 3 rings (SSSR count). The average molecular weight is 364 g/mol. The molecule has 1 spiro atoms. The van der Waals surface area contributed by atoms with Gasteiger partial charge in [0.25, 0.3) is 0 Å². The normalized spacial score (nSPS) is 22.1. The lowest BCUT2D eigenvalue weighted by Gasteiger charge is -2.47. The van der Waals surface area contributed by atoms with Gasteiger partial charge >= 0.3 is 0 Å². The molecule has 0 unspecified atom stereocenters. The van der Waals surface area contributed by atoms with Crippen LogP contribution in [0.2, 0.25) is 0 Å². The number of aromatic nitrogens is 2. The Labute approximate surface area is 155 Å². The highest BCUT2D eigenvalue weighted by atomic mass is 32.2. The van der Waals surface area contributed by atoms with Crippen molar-refractivity contribution in [1.29, 1.82) is 0 Å². The zero-order valence-electron chi connectivity index (χ0n) is 15.6. The maximum Gasteiger partial charge on any atom is 0.233 e. The van der Waals surface area contributed by atoms with E-state index in [2.05, 4.69) is 33.9 Å². The third-order valence-electron chi connectivity index (χ3n) is 5.55. The standard InChI is InChI=1S/C18H29N5OS/c1-15-5-8-19-17(20-15)25-13-16(24)23-11-6-18(7-12-23)14-21(2)9-4-10-22(18)3/h5,8H,4,6-7,9-14H2,1-3H3. The number of rotatable bonds is 3. The van der Waals surface area contributed by atoms with Crippen LogP contribution in [-0.4, -0.2) is 88.7 Å². The number of likely N-dealkylation sites (N-methyl/N-ethyl adjacent to an activating group) is 2. The van der Waals surface area contributed by atoms with E-state index in [4.69, 9.17) is 0 Å². The fourth-order valence-corrected chi connectivity index (χ4v) is 4.72. The lowest BCUT2D eigenvalue weighted by molar-refractivity contribution is -0.131. The molecule has 2 aliphatic heterocycles. The summed E-state index contributed by atoms with van der Waals surface area (Å²) in [6, 6.07) is 1.87. The molecule has 2 aliphatic rings. The van der Waals surface area contributed by atoms with Crippen LogP contribution in [0.15, 0.2) is 17.4 Å². The van der Waals surface area contributed by atoms with Crippen LogP contribution < -0.4 is 0 Å². The maximum absolute atomic E-state index is 12.6. The van der Waals surface area contributed by atoms with E-state index >= 15 is 0 Å². The molecule has 2 fully saturated rings. The number of hydrogen-bond acceptors (Lipinski definition) is 6. The summed E-state index contributed by atoms with van der Waals surface area (Å²) >= 11 is 1.44. The minimum Gasteiger partial charge on any atom is -0.342 e. The fourth-order valence-electron chi connectivity index (χ4n) is 3.94. The van der Waals surface area contributed by atoms with Crippen LogP contribution in [0, 0.1) is 6.92 Å². The van der Waals surface area contributed by atoms with Crippen molar-refractivity contribution in [2.75, 3.05) is 52.6 Å². The fraction of sp³-hybridized carbons (Fsp3) is 0.722. The molecule has 138 valence electrons. The van der Waals surface area contributed by atoms with Gasteiger partial charge in [0, 0.05) is 37.1 Å². The van der Waals surface area contributed by atoms with Gasteiger partial charge in [0.2, 0.25) is 5.91 Å². The van der Waals surface area contributed by atoms with Gasteiger partial charge in [-0.25, -0.2) is 9.97 Å². The minimum absolute atomic E-state index is 0.203. The van der Waals surface area contributed by atoms with Gasteiger partial charge in [0.05, 0.1) is 5.75 Å². The van der Waals surface area contributed by atoms with Crippen LogP contribution in [0.1, 0.15) is 25.0 Å². The largest absolute Gasteiger partial charge is 0.342 e. The van der Waals surface area contributed by atoms with E-state index < -0.39 is 0 Å². The zero-order valence-corrected chi connectivity index (χ0v) is 16.4. The number of nitrogens with zero attached hydrogens (tertiary/aromatic N) is 5. The molecule has 2 saturated heterocycles. The van der Waals surface area contributed by atoms with Gasteiger partial charge in [-0.2, -0.15) is 0 Å². The van der Waals surface area contributed by atoms with Crippen molar-refractivity contribution < 1.29 is 4.79 Å². The van der Waals surface area contributed by atoms with Gasteiger partial charge in [-0.05, 0) is 59.4 Å². The van der Waals surface area contributed by atoms with Gasteiger partial charge in [-0.15, -0.1) is 0 Å². The first-order valence-electron chi connectivity index (χ1n) is 9.08. The third kappa shape index (κ3) is 4.51. The van der Waals surface area contributed by atoms with Crippen molar-refractivity contribution in [2.45, 2.75) is 36.9 Å². The second kappa shape index (κ2) is 8.01. The number of thioether (sulfide) groups is 1. The average Bonchev–Trinajstić information content (AvgIpc) is 2.72. The molecule has 25 heavy (non-hydrogen) atoms. The van der Waals surface area contributed by atoms with Gasteiger partial charge in [-0.1, -0.05) is 11.8 Å². The lowest BCUT2D eigenvalue weighted by atomic mass is 9.85. The summed E-state index contributed by atoms with van der Waals surface area (Å²) in [4.78, 5) is 28.2. The highest BCUT2D eigenvalue weighted by Gasteiger charge is 2.40. The molecule has 3 heterocycles. The Hall–Kier alpha value is -1.18. The van der Waals surface area contributed by atoms with Gasteiger partial charge in [0.15, 0.2) is 5.16 Å². The maximum atomic E-state index is 12.6. The summed E-state index contributed by atoms with van der Waals surface area (Å²) in [5, 5.41) is 0.687. The van der Waals surface area contributed by atoms with Gasteiger partial charge in [-0.3, -0.25) is 9.69 Å². The molecule has 7 heteroatoms. The van der Waals surface area contributed by atoms with E-state index in [1.54, 1.807) is 6.20 Å². The number of likely N-dealkylation sites (tertiary alicyclic amines) is 1. The molecule has 6 nitrogen and oxygen atoms in total. The first-order chi connectivity index (χ1) is 12.0. The van der Waals surface area contributed by atoms with Gasteiger partial charge in [0.1, 0.15) is 0 Å². The number of carbonyl (C=O) groups excluding carboxylic acids is 1. The van der Waals surface area contributed by atoms with Crippen molar-refractivity contribution in [3.8, 4) is 0 Å². The van der Waals surface area contributed by atoms with E-state index in [9.17, 15) is 4.79 Å². The molecule has 1 aromatic rings. The monoisotopic (exact) mass is 363 g/mol. The minimum atomic E-state index is 0.203. The highest BCUT2D eigenvalue weighted by molar-refractivity contribution is 7.99. The molecule has 0 N–H and O–H groups in total. The van der Waals surface area contributed by atoms with Crippen LogP contribution in [0.25, 0.3) is 0 Å². The first kappa shape index (κ1) is 18.6. The van der Waals surface area contributed by atoms with Crippen molar-refractivity contribution in [3.63, 3.8) is 0 Å². The topological polar surface area (TPSA) is 52.6 Å². The summed E-state index contributed by atoms with van der Waals surface area (Å²) < 4.78 is 0. The second-order valence-corrected chi connectivity index (χ2v) is 8.33. The molecule has 0 bridgehead atoms. The zero-order chi connectivity index (χ0) is 17.9. The Balaban J connectivity index is 1.53. The molecular formula is C18H29N5OS. The van der Waals surface area contributed by atoms with Crippen LogP contribution >= 0.6 is 11.8 Å². The van der Waals surface area contributed by atoms with E-state index in [1.165, 1.54) is 24.7 Å². The van der Waals surface area contributed by atoms with E-state index in [0.29, 0.717) is 10.9 Å². The van der Waals surface area contributed by atoms with Crippen molar-refractivity contribution in [3.05, 3.63) is 18.0 Å². The predicted molar refractivity (Wildman–Crippen MR) is 101 cm³/mol. The van der Waals surface area contributed by atoms with Crippen LogP contribution in [-0.2, 0) is 4.79 Å². The molecule has 0 atom stereocenters. The van der Waals surface area contributed by atoms with Crippen LogP contribution in [0.5, 0.6) is 0 Å². The molecule has 0 radical (unpaired) electrons. The summed E-state index contributed by atoms with van der Waals surface area (Å²) in [6.07, 6.45) is 5.10. The number of carbonyl (C=O) groups is 1. The van der Waals surface area contributed by atoms with E-state index in [0.717, 1.165) is 44.7 Å². The lowest BCUT2D eigenvalue weighted by Crippen LogP contribution is -2.58. The quantitative estimate of drug-likeness (QED) is 0.599. The highest BCUT2D eigenvalue weighted by Crippen LogP contribution is 2.31. The number of aryl methyl sites for hydroxylation is 1. The third-order valence-corrected chi connectivity index (χ3v) is 6.40. The molecular weight excluding hydrogens is 334 g/mol. The second-order valence-electron chi connectivity index (χ2n) is 7.39. The summed E-state index contributed by atoms with van der Waals surface area (Å²) in [7, 11) is 4.47. The number of piperidine rings is 1. The Morgan fingerprint density at radius 1 is 1.24 bits per heavy atom. The van der Waals surface area contributed by atoms with Crippen molar-refractivity contribution >= 4 is 17.7 Å². The van der Waals surface area contributed by atoms with Crippen LogP contribution in [0.4, 0.5) is 0 Å². The molecule has 1 aromatic heterocycles. The van der Waals surface area contributed by atoms with E-state index in [1.807, 2.05) is 17.9 Å². The van der Waals surface area contributed by atoms with Crippen molar-refractivity contribution in [2.24, 2.45) is 0 Å². The number of amides is 1. The Kier molecular flexibility index (Phi) is 5.96. The van der Waals surface area contributed by atoms with Gasteiger partial charge < -0.3 is 9.80 Å². The van der Waals surface area contributed by atoms with Crippen LogP contribution in [0.3, 0.4) is 0 Å². The first-order valence-corrected chi connectivity index (χ1v) is 10.1. The summed E-state index contributed by atoms with van der Waals surface area (Å²) in [6.45, 7) is 7.08. The Bertz CT molecular complexity index is 603. The molecule has 0 aliphatic carbocycles. The predicted octanol–water partition coefficient (Wildman–Crippen LogP) is 1.51. The van der Waals surface area contributed by atoms with E-state index in [-0.39, 0.29) is 11.4 Å². The molecule has 1 amide bonds. The molecule has 0 aromatic carbocycles. The Morgan fingerprint density at radius 2 is 2.00 bits per heavy atom. The summed E-state index contributed by atoms with van der Waals surface area (Å²) in [5.74, 6) is 0.626. The number of hydrogen-bond donors (Lipinski definition) is 0.